The molecule has 0 aromatic carbocycles. The zero-order chi connectivity index (χ0) is 16.8. The monoisotopic (exact) mass is 326 g/mol. The van der Waals surface area contributed by atoms with Crippen molar-refractivity contribution >= 4 is 17.6 Å². The van der Waals surface area contributed by atoms with Crippen LogP contribution in [0.4, 0.5) is 5.82 Å². The van der Waals surface area contributed by atoms with Crippen molar-refractivity contribution < 1.29 is 9.59 Å². The van der Waals surface area contributed by atoms with Crippen molar-refractivity contribution in [3.63, 3.8) is 0 Å². The zero-order valence-electron chi connectivity index (χ0n) is 13.1. The van der Waals surface area contributed by atoms with E-state index in [1.54, 1.807) is 36.8 Å². The molecular weight excluding hydrogens is 308 g/mol. The molecule has 2 aromatic heterocycles. The van der Waals surface area contributed by atoms with E-state index in [1.807, 2.05) is 4.90 Å². The van der Waals surface area contributed by atoms with Gasteiger partial charge in [0.25, 0.3) is 5.91 Å². The molecule has 1 atom stereocenters. The number of nitrogens with one attached hydrogen (secondary N) is 2. The zero-order valence-corrected chi connectivity index (χ0v) is 13.1. The van der Waals surface area contributed by atoms with E-state index in [0.717, 1.165) is 25.2 Å². The Morgan fingerprint density at radius 1 is 1.12 bits per heavy atom. The van der Waals surface area contributed by atoms with E-state index < -0.39 is 5.91 Å². The summed E-state index contributed by atoms with van der Waals surface area (Å²) in [5, 5.41) is 0. The Balaban J connectivity index is 1.54. The summed E-state index contributed by atoms with van der Waals surface area (Å²) in [7, 11) is 0. The second-order valence-corrected chi connectivity index (χ2v) is 5.51. The number of aromatic nitrogens is 3. The van der Waals surface area contributed by atoms with Crippen molar-refractivity contribution in [1.29, 1.82) is 0 Å². The molecule has 3 heterocycles. The third-order valence-corrected chi connectivity index (χ3v) is 3.86. The first-order chi connectivity index (χ1) is 11.7. The van der Waals surface area contributed by atoms with Gasteiger partial charge in [-0.1, -0.05) is 6.07 Å². The van der Waals surface area contributed by atoms with Crippen LogP contribution < -0.4 is 15.8 Å². The molecule has 0 radical (unpaired) electrons. The summed E-state index contributed by atoms with van der Waals surface area (Å²) in [5.41, 5.74) is 5.14. The van der Waals surface area contributed by atoms with E-state index in [9.17, 15) is 9.59 Å². The Bertz CT molecular complexity index is 694. The molecule has 8 heteroatoms. The summed E-state index contributed by atoms with van der Waals surface area (Å²) in [6.07, 6.45) is 8.10. The Morgan fingerprint density at radius 2 is 2.04 bits per heavy atom. The van der Waals surface area contributed by atoms with Gasteiger partial charge in [0.05, 0.1) is 12.1 Å². The van der Waals surface area contributed by atoms with Crippen molar-refractivity contribution in [1.82, 2.24) is 25.8 Å². The van der Waals surface area contributed by atoms with Crippen LogP contribution in [0, 0.1) is 5.92 Å². The lowest BCUT2D eigenvalue weighted by atomic mass is 9.97. The molecule has 124 valence electrons. The van der Waals surface area contributed by atoms with Gasteiger partial charge in [0.15, 0.2) is 0 Å². The number of nitrogens with zero attached hydrogens (tertiary/aromatic N) is 4. The minimum Gasteiger partial charge on any atom is -0.355 e. The predicted molar refractivity (Wildman–Crippen MR) is 86.8 cm³/mol. The highest BCUT2D eigenvalue weighted by Gasteiger charge is 2.27. The number of carbonyl (C=O) groups excluding carboxylic acids is 2. The number of piperidine rings is 1. The number of amides is 2. The summed E-state index contributed by atoms with van der Waals surface area (Å²) in [4.78, 5) is 38.5. The molecule has 0 saturated carbocycles. The van der Waals surface area contributed by atoms with Crippen molar-refractivity contribution in [3.8, 4) is 0 Å². The Labute approximate surface area is 139 Å². The van der Waals surface area contributed by atoms with E-state index in [1.165, 1.54) is 6.20 Å². The summed E-state index contributed by atoms with van der Waals surface area (Å²) in [6, 6.07) is 5.01. The van der Waals surface area contributed by atoms with E-state index in [4.69, 9.17) is 0 Å². The minimum absolute atomic E-state index is 0.215. The van der Waals surface area contributed by atoms with Crippen LogP contribution in [0.1, 0.15) is 23.3 Å². The van der Waals surface area contributed by atoms with Crippen molar-refractivity contribution in [2.45, 2.75) is 12.8 Å². The molecule has 2 N–H and O–H groups in total. The quantitative estimate of drug-likeness (QED) is 0.799. The first-order valence-corrected chi connectivity index (χ1v) is 7.76. The van der Waals surface area contributed by atoms with Gasteiger partial charge in [-0.2, -0.15) is 0 Å². The van der Waals surface area contributed by atoms with Crippen LogP contribution in [0.5, 0.6) is 0 Å². The highest BCUT2D eigenvalue weighted by molar-refractivity contribution is 5.93. The van der Waals surface area contributed by atoms with Gasteiger partial charge in [-0.05, 0) is 25.0 Å². The molecule has 0 unspecified atom stereocenters. The number of carbonyl (C=O) groups is 2. The summed E-state index contributed by atoms with van der Waals surface area (Å²) in [6.45, 7) is 1.38. The number of hydrogen-bond acceptors (Lipinski definition) is 6. The van der Waals surface area contributed by atoms with Crippen LogP contribution in [0.25, 0.3) is 0 Å². The Morgan fingerprint density at radius 3 is 2.79 bits per heavy atom. The fourth-order valence-corrected chi connectivity index (χ4v) is 2.64. The van der Waals surface area contributed by atoms with Crippen LogP contribution in [-0.2, 0) is 4.79 Å². The second kappa shape index (κ2) is 7.49. The maximum atomic E-state index is 12.3. The number of hydrogen-bond donors (Lipinski definition) is 2. The van der Waals surface area contributed by atoms with Gasteiger partial charge >= 0.3 is 0 Å². The fraction of sp³-hybridized carbons (Fsp3) is 0.312. The lowest BCUT2D eigenvalue weighted by Crippen LogP contribution is -2.49. The number of hydrazine groups is 1. The Kier molecular flexibility index (Phi) is 4.95. The van der Waals surface area contributed by atoms with E-state index >= 15 is 0 Å². The average molecular weight is 326 g/mol. The van der Waals surface area contributed by atoms with Gasteiger partial charge in [-0.15, -0.1) is 0 Å². The Hall–Kier alpha value is -3.03. The number of pyridine rings is 1. The molecule has 0 aliphatic carbocycles. The van der Waals surface area contributed by atoms with Crippen LogP contribution in [-0.4, -0.2) is 39.9 Å². The minimum atomic E-state index is -0.439. The molecule has 1 aliphatic rings. The van der Waals surface area contributed by atoms with E-state index in [0.29, 0.717) is 6.54 Å². The molecule has 2 amide bonds. The van der Waals surface area contributed by atoms with Crippen molar-refractivity contribution in [2.24, 2.45) is 5.92 Å². The molecule has 8 nitrogen and oxygen atoms in total. The normalized spacial score (nSPS) is 17.2. The lowest BCUT2D eigenvalue weighted by Gasteiger charge is -2.32. The molecule has 1 aliphatic heterocycles. The highest BCUT2D eigenvalue weighted by atomic mass is 16.2. The van der Waals surface area contributed by atoms with Gasteiger partial charge in [0, 0.05) is 31.7 Å². The van der Waals surface area contributed by atoms with Crippen molar-refractivity contribution in [3.05, 3.63) is 48.7 Å². The fourth-order valence-electron chi connectivity index (χ4n) is 2.64. The van der Waals surface area contributed by atoms with Gasteiger partial charge in [0.2, 0.25) is 5.91 Å². The third kappa shape index (κ3) is 3.83. The predicted octanol–water partition coefficient (Wildman–Crippen LogP) is 0.549. The second-order valence-electron chi connectivity index (χ2n) is 5.51. The summed E-state index contributed by atoms with van der Waals surface area (Å²) in [5.74, 6) is -0.115. The van der Waals surface area contributed by atoms with E-state index in [2.05, 4.69) is 25.8 Å². The van der Waals surface area contributed by atoms with Crippen LogP contribution in [0.15, 0.2) is 43.0 Å². The molecule has 2 aromatic rings. The third-order valence-electron chi connectivity index (χ3n) is 3.86. The van der Waals surface area contributed by atoms with Crippen LogP contribution >= 0.6 is 0 Å². The maximum Gasteiger partial charge on any atom is 0.288 e. The SMILES string of the molecule is O=C(NNC(=O)[C@H]1CCCN(c2cnccn2)C1)c1ccccn1. The molecule has 24 heavy (non-hydrogen) atoms. The largest absolute Gasteiger partial charge is 0.355 e. The molecule has 0 bridgehead atoms. The first-order valence-electron chi connectivity index (χ1n) is 7.76. The van der Waals surface area contributed by atoms with Gasteiger partial charge < -0.3 is 4.90 Å². The van der Waals surface area contributed by atoms with Gasteiger partial charge in [-0.3, -0.25) is 30.4 Å². The smallest absolute Gasteiger partial charge is 0.288 e. The highest BCUT2D eigenvalue weighted by Crippen LogP contribution is 2.20. The van der Waals surface area contributed by atoms with Gasteiger partial charge in [0.1, 0.15) is 11.5 Å². The maximum absolute atomic E-state index is 12.3. The molecule has 3 rings (SSSR count). The van der Waals surface area contributed by atoms with Crippen molar-refractivity contribution in [2.75, 3.05) is 18.0 Å². The lowest BCUT2D eigenvalue weighted by molar-refractivity contribution is -0.126. The van der Waals surface area contributed by atoms with Crippen LogP contribution in [0.3, 0.4) is 0 Å². The summed E-state index contributed by atoms with van der Waals surface area (Å²) < 4.78 is 0. The topological polar surface area (TPSA) is 100 Å². The van der Waals surface area contributed by atoms with E-state index in [-0.39, 0.29) is 17.5 Å². The summed E-state index contributed by atoms with van der Waals surface area (Å²) >= 11 is 0. The molecule has 0 spiro atoms. The molecule has 1 fully saturated rings. The van der Waals surface area contributed by atoms with Crippen LogP contribution in [0.2, 0.25) is 0 Å². The first kappa shape index (κ1) is 15.9. The molecular formula is C16H18N6O2. The van der Waals surface area contributed by atoms with Gasteiger partial charge in [-0.25, -0.2) is 4.98 Å². The number of rotatable bonds is 3. The number of anilines is 1. The average Bonchev–Trinajstić information content (AvgIpc) is 2.67. The standard InChI is InChI=1S/C16H18N6O2/c23-15(20-21-16(24)13-5-1-2-6-18-13)12-4-3-9-22(11-12)14-10-17-7-8-19-14/h1-2,5-8,10,12H,3-4,9,11H2,(H,20,23)(H,21,24)/t12-/m0/s1. The molecule has 1 saturated heterocycles.